The van der Waals surface area contributed by atoms with E-state index in [1.54, 1.807) is 0 Å². The summed E-state index contributed by atoms with van der Waals surface area (Å²) < 4.78 is 0. The molecular weight excluding hydrogens is 260 g/mol. The number of carbonyl (C=O) groups excluding carboxylic acids is 1. The number of hydrogen-bond acceptors (Lipinski definition) is 2. The second kappa shape index (κ2) is 8.83. The van der Waals surface area contributed by atoms with Crippen LogP contribution in [-0.4, -0.2) is 24.5 Å². The van der Waals surface area contributed by atoms with E-state index in [2.05, 4.69) is 29.7 Å². The van der Waals surface area contributed by atoms with Gasteiger partial charge in [-0.2, -0.15) is 0 Å². The number of amides is 1. The first kappa shape index (κ1) is 16.0. The van der Waals surface area contributed by atoms with E-state index in [4.69, 9.17) is 0 Å². The van der Waals surface area contributed by atoms with Crippen molar-refractivity contribution >= 4 is 5.91 Å². The molecule has 1 aromatic carbocycles. The van der Waals surface area contributed by atoms with E-state index in [1.807, 2.05) is 18.2 Å². The largest absolute Gasteiger partial charge is 0.353 e. The zero-order chi connectivity index (χ0) is 14.9. The van der Waals surface area contributed by atoms with E-state index >= 15 is 0 Å². The molecule has 1 aliphatic rings. The minimum Gasteiger partial charge on any atom is -0.353 e. The van der Waals surface area contributed by atoms with Crippen molar-refractivity contribution in [3.8, 4) is 0 Å². The van der Waals surface area contributed by atoms with Gasteiger partial charge in [0, 0.05) is 18.5 Å². The lowest BCUT2D eigenvalue weighted by molar-refractivity contribution is -0.122. The maximum atomic E-state index is 12.0. The number of aryl methyl sites for hydroxylation is 1. The molecule has 0 heterocycles. The summed E-state index contributed by atoms with van der Waals surface area (Å²) in [5.74, 6) is 0.198. The summed E-state index contributed by atoms with van der Waals surface area (Å²) in [6.45, 7) is 3.31. The molecule has 21 heavy (non-hydrogen) atoms. The minimum atomic E-state index is 0.198. The molecule has 3 heteroatoms. The smallest absolute Gasteiger partial charge is 0.220 e. The predicted molar refractivity (Wildman–Crippen MR) is 87.2 cm³/mol. The Morgan fingerprint density at radius 2 is 1.76 bits per heavy atom. The van der Waals surface area contributed by atoms with Crippen LogP contribution in [0.4, 0.5) is 0 Å². The Balaban J connectivity index is 1.63. The fourth-order valence-corrected chi connectivity index (χ4v) is 2.99. The van der Waals surface area contributed by atoms with Crippen molar-refractivity contribution in [3.63, 3.8) is 0 Å². The van der Waals surface area contributed by atoms with Crippen LogP contribution in [0.3, 0.4) is 0 Å². The Labute approximate surface area is 128 Å². The van der Waals surface area contributed by atoms with E-state index in [1.165, 1.54) is 24.8 Å². The molecule has 0 atom stereocenters. The van der Waals surface area contributed by atoms with Gasteiger partial charge in [0.1, 0.15) is 0 Å². The van der Waals surface area contributed by atoms with E-state index in [9.17, 15) is 4.79 Å². The third-order valence-electron chi connectivity index (χ3n) is 4.26. The third kappa shape index (κ3) is 5.88. The van der Waals surface area contributed by atoms with Crippen molar-refractivity contribution in [2.24, 2.45) is 0 Å². The topological polar surface area (TPSA) is 41.1 Å². The van der Waals surface area contributed by atoms with Crippen LogP contribution in [0.25, 0.3) is 0 Å². The first-order valence-corrected chi connectivity index (χ1v) is 8.34. The summed E-state index contributed by atoms with van der Waals surface area (Å²) >= 11 is 0. The highest BCUT2D eigenvalue weighted by Crippen LogP contribution is 2.18. The van der Waals surface area contributed by atoms with Crippen LogP contribution in [0.2, 0.25) is 0 Å². The molecule has 3 nitrogen and oxygen atoms in total. The number of hydrogen-bond donors (Lipinski definition) is 2. The zero-order valence-corrected chi connectivity index (χ0v) is 13.1. The van der Waals surface area contributed by atoms with Crippen LogP contribution in [-0.2, 0) is 11.2 Å². The molecule has 0 bridgehead atoms. The van der Waals surface area contributed by atoms with Gasteiger partial charge in [0.15, 0.2) is 0 Å². The quantitative estimate of drug-likeness (QED) is 0.809. The first-order valence-electron chi connectivity index (χ1n) is 8.34. The Morgan fingerprint density at radius 3 is 2.43 bits per heavy atom. The van der Waals surface area contributed by atoms with Crippen molar-refractivity contribution in [2.75, 3.05) is 6.54 Å². The van der Waals surface area contributed by atoms with Crippen LogP contribution in [0.1, 0.15) is 51.0 Å². The highest BCUT2D eigenvalue weighted by Gasteiger charge is 2.21. The summed E-state index contributed by atoms with van der Waals surface area (Å²) in [7, 11) is 0. The molecule has 1 saturated carbocycles. The second-order valence-electron chi connectivity index (χ2n) is 6.06. The molecule has 116 valence electrons. The number of nitrogens with one attached hydrogen (secondary N) is 2. The van der Waals surface area contributed by atoms with Crippen LogP contribution in [0, 0.1) is 0 Å². The summed E-state index contributed by atoms with van der Waals surface area (Å²) in [6.07, 6.45) is 7.21. The van der Waals surface area contributed by atoms with Crippen LogP contribution >= 0.6 is 0 Å². The molecule has 0 aliphatic heterocycles. The predicted octanol–water partition coefficient (Wildman–Crippen LogP) is 3.05. The van der Waals surface area contributed by atoms with Crippen molar-refractivity contribution in [1.29, 1.82) is 0 Å². The van der Waals surface area contributed by atoms with Crippen LogP contribution in [0.15, 0.2) is 30.3 Å². The standard InChI is InChI=1S/C18H28N2O/c1-2-14-19-16-9-11-17(12-10-16)20-18(21)13-8-15-6-4-3-5-7-15/h3-7,16-17,19H,2,8-14H2,1H3,(H,20,21). The fourth-order valence-electron chi connectivity index (χ4n) is 2.99. The Hall–Kier alpha value is -1.35. The zero-order valence-electron chi connectivity index (χ0n) is 13.1. The average Bonchev–Trinajstić information content (AvgIpc) is 2.53. The first-order chi connectivity index (χ1) is 10.3. The number of rotatable bonds is 7. The number of carbonyl (C=O) groups is 1. The summed E-state index contributed by atoms with van der Waals surface area (Å²) in [5, 5.41) is 6.78. The molecule has 0 spiro atoms. The van der Waals surface area contributed by atoms with E-state index in [0.717, 1.165) is 25.8 Å². The monoisotopic (exact) mass is 288 g/mol. The molecule has 2 N–H and O–H groups in total. The highest BCUT2D eigenvalue weighted by atomic mass is 16.1. The normalized spacial score (nSPS) is 22.0. The maximum Gasteiger partial charge on any atom is 0.220 e. The van der Waals surface area contributed by atoms with Gasteiger partial charge in [0.2, 0.25) is 5.91 Å². The van der Waals surface area contributed by atoms with E-state index < -0.39 is 0 Å². The molecule has 1 aromatic rings. The molecule has 0 aromatic heterocycles. The molecule has 0 saturated heterocycles. The molecule has 1 amide bonds. The Morgan fingerprint density at radius 1 is 1.10 bits per heavy atom. The van der Waals surface area contributed by atoms with Gasteiger partial charge in [0.05, 0.1) is 0 Å². The van der Waals surface area contributed by atoms with Gasteiger partial charge in [0.25, 0.3) is 0 Å². The van der Waals surface area contributed by atoms with Gasteiger partial charge >= 0.3 is 0 Å². The third-order valence-corrected chi connectivity index (χ3v) is 4.26. The van der Waals surface area contributed by atoms with Crippen molar-refractivity contribution < 1.29 is 4.79 Å². The molecule has 0 unspecified atom stereocenters. The average molecular weight is 288 g/mol. The Bertz CT molecular complexity index is 410. The lowest BCUT2D eigenvalue weighted by Gasteiger charge is -2.29. The van der Waals surface area contributed by atoms with E-state index in [-0.39, 0.29) is 5.91 Å². The molecule has 1 fully saturated rings. The summed E-state index contributed by atoms with van der Waals surface area (Å²) in [6, 6.07) is 11.3. The van der Waals surface area contributed by atoms with Crippen LogP contribution < -0.4 is 10.6 Å². The highest BCUT2D eigenvalue weighted by molar-refractivity contribution is 5.76. The van der Waals surface area contributed by atoms with Crippen molar-refractivity contribution in [1.82, 2.24) is 10.6 Å². The summed E-state index contributed by atoms with van der Waals surface area (Å²) in [5.41, 5.74) is 1.24. The Kier molecular flexibility index (Phi) is 6.74. The second-order valence-corrected chi connectivity index (χ2v) is 6.06. The van der Waals surface area contributed by atoms with E-state index in [0.29, 0.717) is 18.5 Å². The van der Waals surface area contributed by atoms with Crippen LogP contribution in [0.5, 0.6) is 0 Å². The van der Waals surface area contributed by atoms with Gasteiger partial charge in [-0.1, -0.05) is 37.3 Å². The molecule has 0 radical (unpaired) electrons. The molecule has 1 aliphatic carbocycles. The lowest BCUT2D eigenvalue weighted by atomic mass is 9.91. The van der Waals surface area contributed by atoms with Crippen molar-refractivity contribution in [3.05, 3.63) is 35.9 Å². The minimum absolute atomic E-state index is 0.198. The number of benzene rings is 1. The van der Waals surface area contributed by atoms with Gasteiger partial charge in [-0.3, -0.25) is 4.79 Å². The van der Waals surface area contributed by atoms with Gasteiger partial charge < -0.3 is 10.6 Å². The van der Waals surface area contributed by atoms with Gasteiger partial charge in [-0.25, -0.2) is 0 Å². The van der Waals surface area contributed by atoms with Gasteiger partial charge in [-0.15, -0.1) is 0 Å². The molecular formula is C18H28N2O. The molecule has 2 rings (SSSR count). The van der Waals surface area contributed by atoms with Gasteiger partial charge in [-0.05, 0) is 50.6 Å². The summed E-state index contributed by atoms with van der Waals surface area (Å²) in [4.78, 5) is 12.0. The maximum absolute atomic E-state index is 12.0. The van der Waals surface area contributed by atoms with Crippen molar-refractivity contribution in [2.45, 2.75) is 64.0 Å². The SMILES string of the molecule is CCCNC1CCC(NC(=O)CCc2ccccc2)CC1. The lowest BCUT2D eigenvalue weighted by Crippen LogP contribution is -2.42. The fraction of sp³-hybridized carbons (Fsp3) is 0.611.